The Hall–Kier alpha value is -1.75. The molecule has 1 aromatic carbocycles. The Morgan fingerprint density at radius 2 is 1.75 bits per heavy atom. The molecule has 0 saturated heterocycles. The van der Waals surface area contributed by atoms with Gasteiger partial charge in [0.2, 0.25) is 0 Å². The predicted molar refractivity (Wildman–Crippen MR) is 73.5 cm³/mol. The summed E-state index contributed by atoms with van der Waals surface area (Å²) in [7, 11) is 0. The van der Waals surface area contributed by atoms with E-state index in [9.17, 15) is 20.1 Å². The summed E-state index contributed by atoms with van der Waals surface area (Å²) in [5.41, 5.74) is 0.448. The van der Waals surface area contributed by atoms with Crippen molar-refractivity contribution in [2.24, 2.45) is 0 Å². The molecule has 0 amide bonds. The van der Waals surface area contributed by atoms with Gasteiger partial charge >= 0.3 is 5.97 Å². The lowest BCUT2D eigenvalue weighted by atomic mass is 9.77. The second kappa shape index (κ2) is 4.38. The molecule has 0 radical (unpaired) electrons. The third-order valence-electron chi connectivity index (χ3n) is 4.19. The summed E-state index contributed by atoms with van der Waals surface area (Å²) in [6, 6.07) is 0. The molecule has 1 aliphatic heterocycles. The normalized spacial score (nSPS) is 24.2. The van der Waals surface area contributed by atoms with E-state index in [-0.39, 0.29) is 17.8 Å². The average molecular weight is 280 g/mol. The molecule has 0 aromatic heterocycles. The molecule has 0 spiro atoms. The highest BCUT2D eigenvalue weighted by Crippen LogP contribution is 2.50. The number of ether oxygens (including phenoxy) is 1. The Balaban J connectivity index is 2.91. The monoisotopic (exact) mass is 280 g/mol. The molecule has 20 heavy (non-hydrogen) atoms. The molecule has 0 saturated carbocycles. The Bertz CT molecular complexity index is 589. The molecule has 5 heteroatoms. The lowest BCUT2D eigenvalue weighted by Crippen LogP contribution is -2.37. The second-order valence-electron chi connectivity index (χ2n) is 5.91. The highest BCUT2D eigenvalue weighted by molar-refractivity contribution is 5.95. The number of aromatic carboxylic acids is 1. The molecule has 1 heterocycles. The van der Waals surface area contributed by atoms with Crippen LogP contribution in [0.4, 0.5) is 0 Å². The maximum absolute atomic E-state index is 11.3. The number of hydrogen-bond acceptors (Lipinski definition) is 4. The first kappa shape index (κ1) is 14.7. The van der Waals surface area contributed by atoms with E-state index in [1.807, 2.05) is 13.8 Å². The molecule has 110 valence electrons. The van der Waals surface area contributed by atoms with E-state index in [1.165, 1.54) is 0 Å². The van der Waals surface area contributed by atoms with E-state index in [1.54, 1.807) is 20.8 Å². The van der Waals surface area contributed by atoms with E-state index in [2.05, 4.69) is 0 Å². The summed E-state index contributed by atoms with van der Waals surface area (Å²) >= 11 is 0. The van der Waals surface area contributed by atoms with Crippen LogP contribution in [0.1, 0.15) is 60.7 Å². The summed E-state index contributed by atoms with van der Waals surface area (Å²) in [6.45, 7) is 9.11. The topological polar surface area (TPSA) is 87.0 Å². The van der Waals surface area contributed by atoms with Crippen LogP contribution >= 0.6 is 0 Å². The fraction of sp³-hybridized carbons (Fsp3) is 0.533. The van der Waals surface area contributed by atoms with E-state index < -0.39 is 22.9 Å². The fourth-order valence-corrected chi connectivity index (χ4v) is 3.11. The van der Waals surface area contributed by atoms with Crippen LogP contribution in [0.2, 0.25) is 0 Å². The first-order chi connectivity index (χ1) is 9.09. The van der Waals surface area contributed by atoms with Crippen LogP contribution in [0.3, 0.4) is 0 Å². The first-order valence-corrected chi connectivity index (χ1v) is 6.59. The van der Waals surface area contributed by atoms with Gasteiger partial charge in [0, 0.05) is 11.5 Å². The summed E-state index contributed by atoms with van der Waals surface area (Å²) in [4.78, 5) is 11.3. The van der Waals surface area contributed by atoms with Crippen molar-refractivity contribution in [3.8, 4) is 11.5 Å². The number of aromatic hydroxyl groups is 2. The molecule has 0 aliphatic carbocycles. The molecule has 2 rings (SSSR count). The Labute approximate surface area is 117 Å². The van der Waals surface area contributed by atoms with Crippen LogP contribution < -0.4 is 0 Å². The summed E-state index contributed by atoms with van der Waals surface area (Å²) in [5, 5.41) is 29.6. The largest absolute Gasteiger partial charge is 0.507 e. The maximum atomic E-state index is 11.3. The number of carboxylic acids is 1. The van der Waals surface area contributed by atoms with Crippen molar-refractivity contribution in [2.75, 3.05) is 0 Å². The lowest BCUT2D eigenvalue weighted by molar-refractivity contribution is -0.0914. The van der Waals surface area contributed by atoms with Gasteiger partial charge in [-0.3, -0.25) is 0 Å². The smallest absolute Gasteiger partial charge is 0.343 e. The van der Waals surface area contributed by atoms with Gasteiger partial charge in [0.1, 0.15) is 17.1 Å². The minimum atomic E-state index is -1.35. The zero-order chi connectivity index (χ0) is 15.4. The fourth-order valence-electron chi connectivity index (χ4n) is 3.11. The van der Waals surface area contributed by atoms with Gasteiger partial charge in [0.15, 0.2) is 0 Å². The number of carboxylic acid groups (broad SMARTS) is 1. The quantitative estimate of drug-likeness (QED) is 0.736. The van der Waals surface area contributed by atoms with Gasteiger partial charge in [0.05, 0.1) is 11.7 Å². The number of carbonyl (C=O) groups is 1. The van der Waals surface area contributed by atoms with Crippen molar-refractivity contribution in [1.82, 2.24) is 0 Å². The number of benzene rings is 1. The number of rotatable bonds is 1. The minimum absolute atomic E-state index is 0.0438. The highest BCUT2D eigenvalue weighted by atomic mass is 16.5. The van der Waals surface area contributed by atoms with Gasteiger partial charge in [-0.25, -0.2) is 4.79 Å². The van der Waals surface area contributed by atoms with Crippen molar-refractivity contribution < 1.29 is 24.9 Å². The Kier molecular flexibility index (Phi) is 3.21. The second-order valence-corrected chi connectivity index (χ2v) is 5.91. The number of phenols is 2. The van der Waals surface area contributed by atoms with Gasteiger partial charge < -0.3 is 20.1 Å². The summed E-state index contributed by atoms with van der Waals surface area (Å²) in [6.07, 6.45) is -0.0920. The average Bonchev–Trinajstić information content (AvgIpc) is 2.29. The van der Waals surface area contributed by atoms with Gasteiger partial charge in [-0.15, -0.1) is 0 Å². The van der Waals surface area contributed by atoms with Crippen LogP contribution in [0.5, 0.6) is 11.5 Å². The lowest BCUT2D eigenvalue weighted by Gasteiger charge is -2.42. The van der Waals surface area contributed by atoms with Crippen molar-refractivity contribution in [1.29, 1.82) is 0 Å². The zero-order valence-corrected chi connectivity index (χ0v) is 12.3. The van der Waals surface area contributed by atoms with Gasteiger partial charge in [-0.1, -0.05) is 6.92 Å². The van der Waals surface area contributed by atoms with Gasteiger partial charge in [0.25, 0.3) is 0 Å². The summed E-state index contributed by atoms with van der Waals surface area (Å²) in [5.74, 6) is -2.17. The van der Waals surface area contributed by atoms with Crippen molar-refractivity contribution >= 4 is 5.97 Å². The molecule has 3 N–H and O–H groups in total. The maximum Gasteiger partial charge on any atom is 0.343 e. The minimum Gasteiger partial charge on any atom is -0.507 e. The molecule has 1 aromatic rings. The Morgan fingerprint density at radius 1 is 1.20 bits per heavy atom. The van der Waals surface area contributed by atoms with Gasteiger partial charge in [-0.2, -0.15) is 0 Å². The van der Waals surface area contributed by atoms with Crippen LogP contribution in [0.15, 0.2) is 0 Å². The molecule has 0 bridgehead atoms. The third-order valence-corrected chi connectivity index (χ3v) is 4.19. The van der Waals surface area contributed by atoms with E-state index in [0.717, 1.165) is 5.56 Å². The zero-order valence-electron chi connectivity index (χ0n) is 12.3. The van der Waals surface area contributed by atoms with Crippen LogP contribution in [-0.4, -0.2) is 27.4 Å². The van der Waals surface area contributed by atoms with Crippen LogP contribution in [0.25, 0.3) is 0 Å². The van der Waals surface area contributed by atoms with Crippen molar-refractivity contribution in [2.45, 2.75) is 52.2 Å². The highest BCUT2D eigenvalue weighted by Gasteiger charge is 2.42. The van der Waals surface area contributed by atoms with E-state index in [0.29, 0.717) is 11.1 Å². The van der Waals surface area contributed by atoms with Gasteiger partial charge in [-0.05, 0) is 38.8 Å². The standard InChI is InChI=1S/C15H20O5/c1-6-8(3)20-15(4,5)11-9(6)7(2)12(16)10(13(11)17)14(18)19/h6,8,16-17H,1-5H3,(H,18,19)/t6-,8-/m1/s1. The molecule has 5 nitrogen and oxygen atoms in total. The third kappa shape index (κ3) is 1.85. The van der Waals surface area contributed by atoms with Crippen LogP contribution in [0, 0.1) is 6.92 Å². The van der Waals surface area contributed by atoms with E-state index >= 15 is 0 Å². The molecule has 1 aliphatic rings. The molecular formula is C15H20O5. The number of hydrogen-bond donors (Lipinski definition) is 3. The van der Waals surface area contributed by atoms with E-state index in [4.69, 9.17) is 4.74 Å². The van der Waals surface area contributed by atoms with Crippen molar-refractivity contribution in [3.63, 3.8) is 0 Å². The SMILES string of the molecule is Cc1c(O)c(C(=O)O)c(O)c2c1[C@H](C)[C@@H](C)OC2(C)C. The predicted octanol–water partition coefficient (Wildman–Crippen LogP) is 2.86. The molecular weight excluding hydrogens is 260 g/mol. The Morgan fingerprint density at radius 3 is 2.25 bits per heavy atom. The first-order valence-electron chi connectivity index (χ1n) is 6.59. The van der Waals surface area contributed by atoms with Crippen LogP contribution in [-0.2, 0) is 10.3 Å². The molecule has 0 unspecified atom stereocenters. The molecule has 2 atom stereocenters. The number of fused-ring (bicyclic) bond motifs is 1. The summed E-state index contributed by atoms with van der Waals surface area (Å²) < 4.78 is 5.89. The van der Waals surface area contributed by atoms with Crippen molar-refractivity contribution in [3.05, 3.63) is 22.3 Å². The molecule has 0 fully saturated rings.